The summed E-state index contributed by atoms with van der Waals surface area (Å²) in [6.07, 6.45) is 0.907. The molecule has 0 radical (unpaired) electrons. The van der Waals surface area contributed by atoms with E-state index in [1.807, 2.05) is 0 Å². The van der Waals surface area contributed by atoms with Crippen molar-refractivity contribution < 1.29 is 9.72 Å². The Morgan fingerprint density at radius 1 is 1.36 bits per heavy atom. The van der Waals surface area contributed by atoms with Crippen LogP contribution in [0.3, 0.4) is 0 Å². The predicted molar refractivity (Wildman–Crippen MR) is 50.5 cm³/mol. The van der Waals surface area contributed by atoms with Gasteiger partial charge in [0.1, 0.15) is 0 Å². The summed E-state index contributed by atoms with van der Waals surface area (Å²) in [5, 5.41) is 10.7. The van der Waals surface area contributed by atoms with E-state index in [1.54, 1.807) is 13.0 Å². The maximum Gasteiger partial charge on any atom is 0.273 e. The third-order valence-corrected chi connectivity index (χ3v) is 2.47. The van der Waals surface area contributed by atoms with E-state index >= 15 is 0 Å². The average molecular weight is 191 g/mol. The van der Waals surface area contributed by atoms with Gasteiger partial charge in [-0.25, -0.2) is 0 Å². The molecule has 0 aliphatic heterocycles. The predicted octanol–water partition coefficient (Wildman–Crippen LogP) is 2.03. The smallest absolute Gasteiger partial charge is 0.273 e. The van der Waals surface area contributed by atoms with Gasteiger partial charge in [0.2, 0.25) is 0 Å². The largest absolute Gasteiger partial charge is 0.294 e. The number of benzene rings is 1. The van der Waals surface area contributed by atoms with Crippen LogP contribution in [-0.2, 0) is 6.42 Å². The number of hydrogen-bond donors (Lipinski definition) is 0. The Morgan fingerprint density at radius 2 is 2.07 bits per heavy atom. The molecule has 0 spiro atoms. The Balaban J connectivity index is 2.69. The summed E-state index contributed by atoms with van der Waals surface area (Å²) in [6, 6.07) is 3.26. The fourth-order valence-electron chi connectivity index (χ4n) is 1.84. The van der Waals surface area contributed by atoms with Crippen LogP contribution in [0.1, 0.15) is 27.9 Å². The van der Waals surface area contributed by atoms with Crippen LogP contribution in [0.4, 0.5) is 5.69 Å². The summed E-state index contributed by atoms with van der Waals surface area (Å²) < 4.78 is 0. The number of nitro groups is 1. The van der Waals surface area contributed by atoms with E-state index in [4.69, 9.17) is 0 Å². The topological polar surface area (TPSA) is 60.2 Å². The van der Waals surface area contributed by atoms with Crippen molar-refractivity contribution in [2.45, 2.75) is 19.8 Å². The number of nitro benzene ring substituents is 1. The summed E-state index contributed by atoms with van der Waals surface area (Å²) in [7, 11) is 0. The van der Waals surface area contributed by atoms with Crippen molar-refractivity contribution in [3.05, 3.63) is 38.9 Å². The molecule has 0 fully saturated rings. The molecule has 0 saturated carbocycles. The molecule has 4 nitrogen and oxygen atoms in total. The molecule has 4 heteroatoms. The van der Waals surface area contributed by atoms with Crippen molar-refractivity contribution in [1.29, 1.82) is 0 Å². The van der Waals surface area contributed by atoms with Crippen molar-refractivity contribution in [2.24, 2.45) is 0 Å². The molecular weight excluding hydrogens is 182 g/mol. The minimum Gasteiger partial charge on any atom is -0.294 e. The summed E-state index contributed by atoms with van der Waals surface area (Å²) in [5.74, 6) is 0.0202. The van der Waals surface area contributed by atoms with Crippen LogP contribution in [0.25, 0.3) is 0 Å². The summed E-state index contributed by atoms with van der Waals surface area (Å²) in [5.41, 5.74) is 2.00. The molecule has 0 N–H and O–H groups in total. The van der Waals surface area contributed by atoms with E-state index in [-0.39, 0.29) is 11.5 Å². The zero-order chi connectivity index (χ0) is 10.3. The second kappa shape index (κ2) is 2.90. The SMILES string of the molecule is Cc1cc2c(c([N+](=O)[O-])c1)CCC2=O. The highest BCUT2D eigenvalue weighted by atomic mass is 16.6. The Morgan fingerprint density at radius 3 is 2.71 bits per heavy atom. The monoisotopic (exact) mass is 191 g/mol. The maximum atomic E-state index is 11.4. The molecule has 14 heavy (non-hydrogen) atoms. The van der Waals surface area contributed by atoms with Gasteiger partial charge < -0.3 is 0 Å². The maximum absolute atomic E-state index is 11.4. The number of fused-ring (bicyclic) bond motifs is 1. The van der Waals surface area contributed by atoms with Gasteiger partial charge in [0.05, 0.1) is 4.92 Å². The molecular formula is C10H9NO3. The van der Waals surface area contributed by atoms with Crippen molar-refractivity contribution in [3.8, 4) is 0 Å². The first kappa shape index (κ1) is 8.87. The van der Waals surface area contributed by atoms with Gasteiger partial charge in [0.15, 0.2) is 5.78 Å². The average Bonchev–Trinajstić information content (AvgIpc) is 2.47. The normalized spacial score (nSPS) is 14.2. The first-order chi connectivity index (χ1) is 6.59. The van der Waals surface area contributed by atoms with Gasteiger partial charge in [0.25, 0.3) is 5.69 Å². The zero-order valence-corrected chi connectivity index (χ0v) is 7.74. The first-order valence-corrected chi connectivity index (χ1v) is 4.40. The molecule has 1 aliphatic rings. The Bertz CT molecular complexity index is 437. The lowest BCUT2D eigenvalue weighted by Crippen LogP contribution is -1.97. The number of hydrogen-bond acceptors (Lipinski definition) is 3. The van der Waals surface area contributed by atoms with E-state index in [0.717, 1.165) is 5.56 Å². The molecule has 0 bridgehead atoms. The third kappa shape index (κ3) is 1.19. The highest BCUT2D eigenvalue weighted by molar-refractivity contribution is 6.01. The molecule has 1 aliphatic carbocycles. The van der Waals surface area contributed by atoms with E-state index < -0.39 is 4.92 Å². The van der Waals surface area contributed by atoms with Crippen molar-refractivity contribution in [1.82, 2.24) is 0 Å². The van der Waals surface area contributed by atoms with E-state index in [9.17, 15) is 14.9 Å². The minimum atomic E-state index is -0.412. The van der Waals surface area contributed by atoms with Crippen LogP contribution in [0.2, 0.25) is 0 Å². The zero-order valence-electron chi connectivity index (χ0n) is 7.74. The number of nitrogens with zero attached hydrogens (tertiary/aromatic N) is 1. The van der Waals surface area contributed by atoms with Crippen LogP contribution >= 0.6 is 0 Å². The number of carbonyl (C=O) groups is 1. The summed E-state index contributed by atoms with van der Waals surface area (Å²) in [4.78, 5) is 21.7. The van der Waals surface area contributed by atoms with Crippen molar-refractivity contribution in [3.63, 3.8) is 0 Å². The first-order valence-electron chi connectivity index (χ1n) is 4.40. The number of carbonyl (C=O) groups excluding carboxylic acids is 1. The standard InChI is InChI=1S/C10H9NO3/c1-6-4-8-7(2-3-10(8)12)9(5-6)11(13)14/h4-5H,2-3H2,1H3. The van der Waals surface area contributed by atoms with Gasteiger partial charge in [-0.3, -0.25) is 14.9 Å². The molecule has 0 saturated heterocycles. The van der Waals surface area contributed by atoms with Crippen LogP contribution in [0, 0.1) is 17.0 Å². The molecule has 0 aromatic heterocycles. The molecule has 0 heterocycles. The van der Waals surface area contributed by atoms with Crippen LogP contribution in [-0.4, -0.2) is 10.7 Å². The van der Waals surface area contributed by atoms with Crippen LogP contribution < -0.4 is 0 Å². The lowest BCUT2D eigenvalue weighted by atomic mass is 10.0. The molecule has 1 aromatic rings. The van der Waals surface area contributed by atoms with Crippen LogP contribution in [0.5, 0.6) is 0 Å². The number of aryl methyl sites for hydroxylation is 1. The van der Waals surface area contributed by atoms with Crippen molar-refractivity contribution >= 4 is 11.5 Å². The molecule has 72 valence electrons. The van der Waals surface area contributed by atoms with E-state index in [2.05, 4.69) is 0 Å². The lowest BCUT2D eigenvalue weighted by molar-refractivity contribution is -0.385. The summed E-state index contributed by atoms with van der Waals surface area (Å²) in [6.45, 7) is 1.76. The fourth-order valence-corrected chi connectivity index (χ4v) is 1.84. The summed E-state index contributed by atoms with van der Waals surface area (Å²) >= 11 is 0. The van der Waals surface area contributed by atoms with Gasteiger partial charge in [-0.05, 0) is 25.0 Å². The van der Waals surface area contributed by atoms with Gasteiger partial charge in [-0.15, -0.1) is 0 Å². The Labute approximate surface area is 80.7 Å². The minimum absolute atomic E-state index is 0.0202. The van der Waals surface area contributed by atoms with E-state index in [1.165, 1.54) is 6.07 Å². The van der Waals surface area contributed by atoms with Crippen LogP contribution in [0.15, 0.2) is 12.1 Å². The van der Waals surface area contributed by atoms with Gasteiger partial charge >= 0.3 is 0 Å². The Hall–Kier alpha value is -1.71. The number of rotatable bonds is 1. The second-order valence-electron chi connectivity index (χ2n) is 3.49. The number of ketones is 1. The lowest BCUT2D eigenvalue weighted by Gasteiger charge is -2.01. The fraction of sp³-hybridized carbons (Fsp3) is 0.300. The van der Waals surface area contributed by atoms with Gasteiger partial charge in [-0.1, -0.05) is 0 Å². The molecule has 0 amide bonds. The third-order valence-electron chi connectivity index (χ3n) is 2.47. The Kier molecular flexibility index (Phi) is 1.84. The van der Waals surface area contributed by atoms with E-state index in [0.29, 0.717) is 24.0 Å². The quantitative estimate of drug-likeness (QED) is 0.504. The van der Waals surface area contributed by atoms with Gasteiger partial charge in [0, 0.05) is 23.6 Å². The highest BCUT2D eigenvalue weighted by Gasteiger charge is 2.27. The number of Topliss-reactive ketones (excluding diaryl/α,β-unsaturated/α-hetero) is 1. The highest BCUT2D eigenvalue weighted by Crippen LogP contribution is 2.31. The van der Waals surface area contributed by atoms with Crippen molar-refractivity contribution in [2.75, 3.05) is 0 Å². The van der Waals surface area contributed by atoms with Gasteiger partial charge in [-0.2, -0.15) is 0 Å². The molecule has 0 atom stereocenters. The molecule has 2 rings (SSSR count). The molecule has 0 unspecified atom stereocenters. The molecule has 1 aromatic carbocycles. The second-order valence-corrected chi connectivity index (χ2v) is 3.49.